The Morgan fingerprint density at radius 2 is 1.88 bits per heavy atom. The lowest BCUT2D eigenvalue weighted by Crippen LogP contribution is -2.35. The van der Waals surface area contributed by atoms with Crippen molar-refractivity contribution in [2.75, 3.05) is 31.6 Å². The summed E-state index contributed by atoms with van der Waals surface area (Å²) in [4.78, 5) is 19.2. The minimum absolute atomic E-state index is 0.0347. The summed E-state index contributed by atoms with van der Waals surface area (Å²) in [5, 5.41) is 5.02. The van der Waals surface area contributed by atoms with Gasteiger partial charge in [-0.15, -0.1) is 11.3 Å². The first-order chi connectivity index (χ1) is 15.8. The Morgan fingerprint density at radius 3 is 2.58 bits per heavy atom. The van der Waals surface area contributed by atoms with Crippen LogP contribution in [0.4, 0.5) is 18.9 Å². The van der Waals surface area contributed by atoms with Crippen molar-refractivity contribution in [3.05, 3.63) is 69.7 Å². The molecular weight excluding hydrogens is 475 g/mol. The van der Waals surface area contributed by atoms with E-state index in [1.807, 2.05) is 12.1 Å². The highest BCUT2D eigenvalue weighted by molar-refractivity contribution is 7.13. The zero-order valence-corrected chi connectivity index (χ0v) is 19.1. The Kier molecular flexibility index (Phi) is 7.33. The molecule has 4 rings (SSSR count). The molecule has 1 aliphatic rings. The number of carbonyl (C=O) groups is 1. The van der Waals surface area contributed by atoms with E-state index in [0.29, 0.717) is 5.69 Å². The van der Waals surface area contributed by atoms with Gasteiger partial charge in [0.25, 0.3) is 0 Å². The number of nitrogens with zero attached hydrogens (tertiary/aromatic N) is 2. The molecule has 3 aromatic rings. The number of ether oxygens (including phenoxy) is 1. The maximum atomic E-state index is 12.9. The zero-order valence-electron chi connectivity index (χ0n) is 17.5. The van der Waals surface area contributed by atoms with E-state index in [9.17, 15) is 18.0 Å². The molecule has 1 N–H and O–H groups in total. The second-order valence-electron chi connectivity index (χ2n) is 7.65. The predicted octanol–water partition coefficient (Wildman–Crippen LogP) is 5.50. The zero-order chi connectivity index (χ0) is 23.4. The van der Waals surface area contributed by atoms with Gasteiger partial charge in [-0.2, -0.15) is 13.2 Å². The largest absolute Gasteiger partial charge is 0.416 e. The van der Waals surface area contributed by atoms with Crippen LogP contribution in [0.25, 0.3) is 10.6 Å². The molecule has 174 valence electrons. The summed E-state index contributed by atoms with van der Waals surface area (Å²) in [5.41, 5.74) is 1.72. The van der Waals surface area contributed by atoms with Crippen molar-refractivity contribution in [1.82, 2.24) is 9.88 Å². The molecule has 0 aliphatic carbocycles. The van der Waals surface area contributed by atoms with Crippen molar-refractivity contribution >= 4 is 34.5 Å². The Labute approximate surface area is 198 Å². The van der Waals surface area contributed by atoms with Crippen molar-refractivity contribution in [3.8, 4) is 10.6 Å². The van der Waals surface area contributed by atoms with E-state index in [0.717, 1.165) is 61.6 Å². The molecule has 0 saturated carbocycles. The lowest BCUT2D eigenvalue weighted by Gasteiger charge is -2.26. The standard InChI is InChI=1S/C23H21ClF3N3O2S/c24-19-6-5-17(23(25,26)27)11-20(19)29-21(31)12-18-14-33-22(28-18)16-3-1-15(2-4-16)13-30-7-9-32-10-8-30/h1-6,11,14H,7-10,12-13H2,(H,29,31). The van der Waals surface area contributed by atoms with Gasteiger partial charge in [0.05, 0.1) is 41.6 Å². The van der Waals surface area contributed by atoms with Crippen molar-refractivity contribution in [1.29, 1.82) is 0 Å². The third-order valence-corrected chi connectivity index (χ3v) is 6.44. The number of rotatable bonds is 6. The van der Waals surface area contributed by atoms with Crippen LogP contribution in [-0.2, 0) is 28.7 Å². The van der Waals surface area contributed by atoms with E-state index < -0.39 is 17.6 Å². The number of amides is 1. The highest BCUT2D eigenvalue weighted by Gasteiger charge is 2.31. The summed E-state index contributed by atoms with van der Waals surface area (Å²) in [7, 11) is 0. The molecule has 0 unspecified atom stereocenters. The monoisotopic (exact) mass is 495 g/mol. The highest BCUT2D eigenvalue weighted by Crippen LogP contribution is 2.34. The molecule has 2 heterocycles. The SMILES string of the molecule is O=C(Cc1csc(-c2ccc(CN3CCOCC3)cc2)n1)Nc1cc(C(F)(F)F)ccc1Cl. The summed E-state index contributed by atoms with van der Waals surface area (Å²) in [5.74, 6) is -0.492. The third-order valence-electron chi connectivity index (χ3n) is 5.17. The van der Waals surface area contributed by atoms with E-state index in [4.69, 9.17) is 16.3 Å². The summed E-state index contributed by atoms with van der Waals surface area (Å²) < 4.78 is 44.1. The van der Waals surface area contributed by atoms with E-state index in [-0.39, 0.29) is 17.1 Å². The molecule has 1 aliphatic heterocycles. The third kappa shape index (κ3) is 6.32. The number of nitrogens with one attached hydrogen (secondary N) is 1. The molecule has 10 heteroatoms. The van der Waals surface area contributed by atoms with Crippen LogP contribution in [0.1, 0.15) is 16.8 Å². The van der Waals surface area contributed by atoms with E-state index in [2.05, 4.69) is 27.3 Å². The average Bonchev–Trinajstić information content (AvgIpc) is 3.24. The second-order valence-corrected chi connectivity index (χ2v) is 8.91. The molecule has 33 heavy (non-hydrogen) atoms. The molecule has 5 nitrogen and oxygen atoms in total. The Balaban J connectivity index is 1.37. The van der Waals surface area contributed by atoms with Crippen LogP contribution in [0, 0.1) is 0 Å². The minimum atomic E-state index is -4.52. The van der Waals surface area contributed by atoms with Crippen LogP contribution in [-0.4, -0.2) is 42.1 Å². The predicted molar refractivity (Wildman–Crippen MR) is 122 cm³/mol. The number of halogens is 4. The molecule has 2 aromatic carbocycles. The lowest BCUT2D eigenvalue weighted by atomic mass is 10.1. The van der Waals surface area contributed by atoms with E-state index >= 15 is 0 Å². The Hall–Kier alpha value is -2.46. The van der Waals surface area contributed by atoms with Crippen LogP contribution < -0.4 is 5.32 Å². The number of hydrogen-bond donors (Lipinski definition) is 1. The van der Waals surface area contributed by atoms with Gasteiger partial charge in [-0.25, -0.2) is 4.98 Å². The number of aromatic nitrogens is 1. The topological polar surface area (TPSA) is 54.5 Å². The summed E-state index contributed by atoms with van der Waals surface area (Å²) in [6.07, 6.45) is -4.59. The molecule has 1 amide bonds. The van der Waals surface area contributed by atoms with E-state index in [1.165, 1.54) is 16.9 Å². The van der Waals surface area contributed by atoms with Gasteiger partial charge >= 0.3 is 6.18 Å². The van der Waals surface area contributed by atoms with Crippen molar-refractivity contribution in [2.45, 2.75) is 19.1 Å². The molecule has 0 spiro atoms. The van der Waals surface area contributed by atoms with Gasteiger partial charge in [-0.3, -0.25) is 9.69 Å². The normalized spacial score (nSPS) is 14.9. The summed E-state index contributed by atoms with van der Waals surface area (Å²) in [6.45, 7) is 4.23. The maximum Gasteiger partial charge on any atom is 0.416 e. The first-order valence-corrected chi connectivity index (χ1v) is 11.5. The fourth-order valence-electron chi connectivity index (χ4n) is 3.45. The second kappa shape index (κ2) is 10.2. The molecule has 1 fully saturated rings. The van der Waals surface area contributed by atoms with Gasteiger partial charge in [-0.05, 0) is 23.8 Å². The van der Waals surface area contributed by atoms with Crippen LogP contribution in [0.15, 0.2) is 47.8 Å². The van der Waals surface area contributed by atoms with Gasteiger partial charge in [0.2, 0.25) is 5.91 Å². The quantitative estimate of drug-likeness (QED) is 0.491. The molecule has 1 aromatic heterocycles. The number of anilines is 1. The van der Waals surface area contributed by atoms with E-state index in [1.54, 1.807) is 5.38 Å². The summed E-state index contributed by atoms with van der Waals surface area (Å²) >= 11 is 7.36. The molecule has 0 radical (unpaired) electrons. The van der Waals surface area contributed by atoms with Crippen molar-refractivity contribution in [3.63, 3.8) is 0 Å². The summed E-state index contributed by atoms with van der Waals surface area (Å²) in [6, 6.07) is 10.9. The Morgan fingerprint density at radius 1 is 1.15 bits per heavy atom. The Bertz CT molecular complexity index is 1110. The van der Waals surface area contributed by atoms with Crippen LogP contribution >= 0.6 is 22.9 Å². The highest BCUT2D eigenvalue weighted by atomic mass is 35.5. The molecular formula is C23H21ClF3N3O2S. The van der Waals surface area contributed by atoms with Gasteiger partial charge in [-0.1, -0.05) is 35.9 Å². The first kappa shape index (κ1) is 23.7. The number of benzene rings is 2. The lowest BCUT2D eigenvalue weighted by molar-refractivity contribution is -0.137. The maximum absolute atomic E-state index is 12.9. The molecule has 1 saturated heterocycles. The number of thiazole rings is 1. The van der Waals surface area contributed by atoms with Gasteiger partial charge in [0.1, 0.15) is 5.01 Å². The molecule has 0 bridgehead atoms. The van der Waals surface area contributed by atoms with Gasteiger partial charge in [0.15, 0.2) is 0 Å². The molecule has 0 atom stereocenters. The smallest absolute Gasteiger partial charge is 0.379 e. The van der Waals surface area contributed by atoms with Crippen LogP contribution in [0.5, 0.6) is 0 Å². The minimum Gasteiger partial charge on any atom is -0.379 e. The van der Waals surface area contributed by atoms with Gasteiger partial charge < -0.3 is 10.1 Å². The fraction of sp³-hybridized carbons (Fsp3) is 0.304. The van der Waals surface area contributed by atoms with Gasteiger partial charge in [0, 0.05) is 30.6 Å². The number of hydrogen-bond acceptors (Lipinski definition) is 5. The average molecular weight is 496 g/mol. The van der Waals surface area contributed by atoms with Crippen LogP contribution in [0.2, 0.25) is 5.02 Å². The first-order valence-electron chi connectivity index (χ1n) is 10.3. The van der Waals surface area contributed by atoms with Crippen LogP contribution in [0.3, 0.4) is 0 Å². The van der Waals surface area contributed by atoms with Crippen molar-refractivity contribution in [2.24, 2.45) is 0 Å². The fourth-order valence-corrected chi connectivity index (χ4v) is 4.44. The number of morpholine rings is 1. The van der Waals surface area contributed by atoms with Crippen molar-refractivity contribution < 1.29 is 22.7 Å². The number of alkyl halides is 3. The number of carbonyl (C=O) groups excluding carboxylic acids is 1.